The van der Waals surface area contributed by atoms with Gasteiger partial charge in [0.25, 0.3) is 5.91 Å². The van der Waals surface area contributed by atoms with Crippen molar-refractivity contribution in [2.75, 3.05) is 26.2 Å². The van der Waals surface area contributed by atoms with Crippen molar-refractivity contribution in [3.63, 3.8) is 0 Å². The summed E-state index contributed by atoms with van der Waals surface area (Å²) in [6, 6.07) is 7.02. The molecule has 0 radical (unpaired) electrons. The van der Waals surface area contributed by atoms with Crippen molar-refractivity contribution < 1.29 is 10.0 Å². The lowest BCUT2D eigenvalue weighted by Crippen LogP contribution is -2.46. The van der Waals surface area contributed by atoms with Crippen LogP contribution in [0.5, 0.6) is 0 Å². The third-order valence-electron chi connectivity index (χ3n) is 2.77. The number of hydrogen-bond acceptors (Lipinski definition) is 4. The van der Waals surface area contributed by atoms with Crippen molar-refractivity contribution in [3.8, 4) is 0 Å². The van der Waals surface area contributed by atoms with Gasteiger partial charge in [0.05, 0.1) is 6.21 Å². The number of carbonyl (C=O) groups excluding carboxylic acids is 1. The van der Waals surface area contributed by atoms with Gasteiger partial charge in [-0.3, -0.25) is 4.79 Å². The van der Waals surface area contributed by atoms with E-state index in [1.165, 1.54) is 6.21 Å². The number of carbonyl (C=O) groups is 1. The van der Waals surface area contributed by atoms with E-state index >= 15 is 0 Å². The zero-order valence-corrected chi connectivity index (χ0v) is 9.47. The number of piperazine rings is 1. The second-order valence-corrected chi connectivity index (χ2v) is 3.91. The molecule has 1 heterocycles. The van der Waals surface area contributed by atoms with Crippen molar-refractivity contribution in [1.82, 2.24) is 10.2 Å². The molecule has 0 atom stereocenters. The molecule has 1 aromatic carbocycles. The molecule has 0 aliphatic carbocycles. The number of benzene rings is 1. The molecule has 0 bridgehead atoms. The molecule has 0 aromatic heterocycles. The van der Waals surface area contributed by atoms with Crippen LogP contribution in [0.2, 0.25) is 0 Å². The van der Waals surface area contributed by atoms with Gasteiger partial charge in [-0.1, -0.05) is 17.3 Å². The Morgan fingerprint density at radius 3 is 2.53 bits per heavy atom. The van der Waals surface area contributed by atoms with Crippen LogP contribution in [-0.4, -0.2) is 48.4 Å². The van der Waals surface area contributed by atoms with Gasteiger partial charge < -0.3 is 15.4 Å². The first-order valence-corrected chi connectivity index (χ1v) is 5.59. The molecule has 1 aromatic rings. The average Bonchev–Trinajstić information content (AvgIpc) is 2.40. The van der Waals surface area contributed by atoms with E-state index < -0.39 is 0 Å². The van der Waals surface area contributed by atoms with Crippen LogP contribution in [0.1, 0.15) is 15.9 Å². The number of rotatable bonds is 2. The molecule has 0 unspecified atom stereocenters. The van der Waals surface area contributed by atoms with E-state index in [9.17, 15) is 4.79 Å². The van der Waals surface area contributed by atoms with Gasteiger partial charge in [0.15, 0.2) is 0 Å². The molecule has 17 heavy (non-hydrogen) atoms. The van der Waals surface area contributed by atoms with Crippen LogP contribution in [0.4, 0.5) is 0 Å². The zero-order chi connectivity index (χ0) is 12.1. The van der Waals surface area contributed by atoms with Gasteiger partial charge in [-0.2, -0.15) is 0 Å². The molecule has 1 aliphatic heterocycles. The minimum atomic E-state index is 0.0546. The molecule has 1 saturated heterocycles. The Bertz CT molecular complexity index is 408. The van der Waals surface area contributed by atoms with Gasteiger partial charge in [-0.25, -0.2) is 0 Å². The van der Waals surface area contributed by atoms with E-state index in [-0.39, 0.29) is 5.91 Å². The number of hydrogen-bond donors (Lipinski definition) is 2. The van der Waals surface area contributed by atoms with Gasteiger partial charge in [0.2, 0.25) is 0 Å². The van der Waals surface area contributed by atoms with Crippen molar-refractivity contribution in [2.45, 2.75) is 0 Å². The van der Waals surface area contributed by atoms with Gasteiger partial charge >= 0.3 is 0 Å². The topological polar surface area (TPSA) is 64.9 Å². The molecule has 5 heteroatoms. The molecule has 0 spiro atoms. The third kappa shape index (κ3) is 2.82. The maximum Gasteiger partial charge on any atom is 0.253 e. The molecule has 5 nitrogen and oxygen atoms in total. The summed E-state index contributed by atoms with van der Waals surface area (Å²) in [7, 11) is 0. The molecule has 1 fully saturated rings. The van der Waals surface area contributed by atoms with Gasteiger partial charge in [0.1, 0.15) is 0 Å². The maximum absolute atomic E-state index is 12.1. The highest BCUT2D eigenvalue weighted by molar-refractivity contribution is 5.95. The summed E-state index contributed by atoms with van der Waals surface area (Å²) in [5.74, 6) is 0.0546. The summed E-state index contributed by atoms with van der Waals surface area (Å²) >= 11 is 0. The summed E-state index contributed by atoms with van der Waals surface area (Å²) in [6.07, 6.45) is 1.33. The largest absolute Gasteiger partial charge is 0.411 e. The molecule has 1 amide bonds. The fraction of sp³-hybridized carbons (Fsp3) is 0.333. The number of nitrogens with one attached hydrogen (secondary N) is 1. The standard InChI is InChI=1S/C12H15N3O2/c16-12(15-7-5-13-6-8-15)11-3-1-10(2-4-11)9-14-17/h1-4,9,13,17H,5-8H2/b14-9+. The van der Waals surface area contributed by atoms with Gasteiger partial charge in [-0.15, -0.1) is 0 Å². The molecule has 2 N–H and O–H groups in total. The van der Waals surface area contributed by atoms with Crippen LogP contribution in [0.15, 0.2) is 29.4 Å². The highest BCUT2D eigenvalue weighted by Crippen LogP contribution is 2.07. The van der Waals surface area contributed by atoms with Gasteiger partial charge in [0, 0.05) is 31.7 Å². The summed E-state index contributed by atoms with van der Waals surface area (Å²) in [5.41, 5.74) is 1.44. The van der Waals surface area contributed by atoms with Crippen molar-refractivity contribution in [1.29, 1.82) is 0 Å². The first-order valence-electron chi connectivity index (χ1n) is 5.59. The number of oxime groups is 1. The second kappa shape index (κ2) is 5.45. The Balaban J connectivity index is 2.08. The van der Waals surface area contributed by atoms with E-state index in [1.807, 2.05) is 4.90 Å². The lowest BCUT2D eigenvalue weighted by atomic mass is 10.1. The number of nitrogens with zero attached hydrogens (tertiary/aromatic N) is 2. The van der Waals surface area contributed by atoms with E-state index in [4.69, 9.17) is 5.21 Å². The van der Waals surface area contributed by atoms with Crippen molar-refractivity contribution >= 4 is 12.1 Å². The smallest absolute Gasteiger partial charge is 0.253 e. The van der Waals surface area contributed by atoms with Crippen molar-refractivity contribution in [2.24, 2.45) is 5.16 Å². The maximum atomic E-state index is 12.1. The normalized spacial score (nSPS) is 16.4. The Morgan fingerprint density at radius 1 is 1.29 bits per heavy atom. The minimum Gasteiger partial charge on any atom is -0.411 e. The fourth-order valence-corrected chi connectivity index (χ4v) is 1.83. The zero-order valence-electron chi connectivity index (χ0n) is 9.47. The third-order valence-corrected chi connectivity index (χ3v) is 2.77. The highest BCUT2D eigenvalue weighted by Gasteiger charge is 2.17. The summed E-state index contributed by atoms with van der Waals surface area (Å²) in [6.45, 7) is 3.19. The van der Waals surface area contributed by atoms with Crippen LogP contribution in [-0.2, 0) is 0 Å². The van der Waals surface area contributed by atoms with E-state index in [0.717, 1.165) is 31.7 Å². The molecular weight excluding hydrogens is 218 g/mol. The Morgan fingerprint density at radius 2 is 1.94 bits per heavy atom. The predicted octanol–water partition coefficient (Wildman–Crippen LogP) is 0.540. The molecular formula is C12H15N3O2. The summed E-state index contributed by atoms with van der Waals surface area (Å²) in [4.78, 5) is 13.9. The highest BCUT2D eigenvalue weighted by atomic mass is 16.4. The lowest BCUT2D eigenvalue weighted by Gasteiger charge is -2.27. The van der Waals surface area contributed by atoms with Crippen LogP contribution < -0.4 is 5.32 Å². The lowest BCUT2D eigenvalue weighted by molar-refractivity contribution is 0.0736. The first-order chi connectivity index (χ1) is 8.31. The molecule has 90 valence electrons. The van der Waals surface area contributed by atoms with Crippen LogP contribution in [0.25, 0.3) is 0 Å². The van der Waals surface area contributed by atoms with E-state index in [2.05, 4.69) is 10.5 Å². The minimum absolute atomic E-state index is 0.0546. The summed E-state index contributed by atoms with van der Waals surface area (Å²) in [5, 5.41) is 14.5. The quantitative estimate of drug-likeness (QED) is 0.445. The van der Waals surface area contributed by atoms with E-state index in [0.29, 0.717) is 5.56 Å². The first kappa shape index (κ1) is 11.6. The Labute approximate surface area is 99.7 Å². The Hall–Kier alpha value is -1.88. The van der Waals surface area contributed by atoms with Crippen LogP contribution >= 0.6 is 0 Å². The second-order valence-electron chi connectivity index (χ2n) is 3.91. The fourth-order valence-electron chi connectivity index (χ4n) is 1.83. The summed E-state index contributed by atoms with van der Waals surface area (Å²) < 4.78 is 0. The van der Waals surface area contributed by atoms with Gasteiger partial charge in [-0.05, 0) is 17.7 Å². The van der Waals surface area contributed by atoms with E-state index in [1.54, 1.807) is 24.3 Å². The monoisotopic (exact) mass is 233 g/mol. The molecule has 2 rings (SSSR count). The predicted molar refractivity (Wildman–Crippen MR) is 64.6 cm³/mol. The molecule has 0 saturated carbocycles. The van der Waals surface area contributed by atoms with Crippen molar-refractivity contribution in [3.05, 3.63) is 35.4 Å². The average molecular weight is 233 g/mol. The molecule has 1 aliphatic rings. The SMILES string of the molecule is O=C(c1ccc(/C=N/O)cc1)N1CCNCC1. The number of amides is 1. The van der Waals surface area contributed by atoms with Crippen LogP contribution in [0.3, 0.4) is 0 Å². The van der Waals surface area contributed by atoms with Crippen LogP contribution in [0, 0.1) is 0 Å². The Kier molecular flexibility index (Phi) is 3.72.